The van der Waals surface area contributed by atoms with Crippen LogP contribution in [0.3, 0.4) is 0 Å². The molecule has 1 aliphatic heterocycles. The highest BCUT2D eigenvalue weighted by molar-refractivity contribution is 5.54. The van der Waals surface area contributed by atoms with Crippen LogP contribution in [0.1, 0.15) is 30.0 Å². The third kappa shape index (κ3) is 6.24. The van der Waals surface area contributed by atoms with E-state index >= 15 is 0 Å². The second-order valence-corrected chi connectivity index (χ2v) is 7.31. The number of anilines is 1. The lowest BCUT2D eigenvalue weighted by Crippen LogP contribution is -2.23. The molecule has 0 spiro atoms. The van der Waals surface area contributed by atoms with E-state index < -0.39 is 0 Å². The number of hydrogen-bond donors (Lipinski definition) is 1. The standard InChI is InChI=1S/C14H18N2.C9H12FNO/c1-12-5-7-16(11-12)8-6-13-3-2-4-14(9-13)10-15;1-6-4-7(12-3)5-8(10)9(6)11-2/h2-4,9,12H,5-8,11H2,1H3;4-5,11H,1-3H3/t12-;/m0./s1. The Morgan fingerprint density at radius 1 is 1.32 bits per heavy atom. The predicted molar refractivity (Wildman–Crippen MR) is 112 cm³/mol. The molecule has 0 amide bonds. The molecule has 0 aromatic heterocycles. The van der Waals surface area contributed by atoms with E-state index in [4.69, 9.17) is 10.00 Å². The van der Waals surface area contributed by atoms with E-state index in [9.17, 15) is 4.39 Å². The van der Waals surface area contributed by atoms with Crippen molar-refractivity contribution >= 4 is 5.69 Å². The van der Waals surface area contributed by atoms with Gasteiger partial charge in [-0.2, -0.15) is 5.26 Å². The zero-order valence-corrected chi connectivity index (χ0v) is 17.3. The summed E-state index contributed by atoms with van der Waals surface area (Å²) in [6.45, 7) is 7.74. The monoisotopic (exact) mass is 383 g/mol. The second kappa shape index (κ2) is 10.7. The average molecular weight is 384 g/mol. The maximum Gasteiger partial charge on any atom is 0.150 e. The zero-order valence-electron chi connectivity index (χ0n) is 17.3. The van der Waals surface area contributed by atoms with Crippen LogP contribution in [0.15, 0.2) is 36.4 Å². The van der Waals surface area contributed by atoms with Crippen molar-refractivity contribution in [1.82, 2.24) is 4.90 Å². The molecule has 3 rings (SSSR count). The van der Waals surface area contributed by atoms with Crippen LogP contribution < -0.4 is 10.1 Å². The van der Waals surface area contributed by atoms with Gasteiger partial charge in [0.25, 0.3) is 0 Å². The summed E-state index contributed by atoms with van der Waals surface area (Å²) in [5, 5.41) is 11.6. The first kappa shape index (κ1) is 21.7. The summed E-state index contributed by atoms with van der Waals surface area (Å²) in [6, 6.07) is 13.3. The van der Waals surface area contributed by atoms with Gasteiger partial charge in [-0.15, -0.1) is 0 Å². The van der Waals surface area contributed by atoms with Gasteiger partial charge in [-0.05, 0) is 61.6 Å². The number of methoxy groups -OCH3 is 1. The largest absolute Gasteiger partial charge is 0.497 e. The fourth-order valence-electron chi connectivity index (χ4n) is 3.46. The number of nitriles is 1. The molecular weight excluding hydrogens is 353 g/mol. The minimum absolute atomic E-state index is 0.283. The Kier molecular flexibility index (Phi) is 8.28. The maximum absolute atomic E-state index is 13.2. The topological polar surface area (TPSA) is 48.3 Å². The Labute approximate surface area is 167 Å². The molecule has 0 unspecified atom stereocenters. The molecule has 0 saturated carbocycles. The van der Waals surface area contributed by atoms with E-state index in [1.165, 1.54) is 38.2 Å². The molecule has 0 aliphatic carbocycles. The number of ether oxygens (including phenoxy) is 1. The van der Waals surface area contributed by atoms with E-state index in [0.29, 0.717) is 11.4 Å². The molecule has 1 N–H and O–H groups in total. The van der Waals surface area contributed by atoms with Crippen LogP contribution in [0.4, 0.5) is 10.1 Å². The number of halogens is 1. The van der Waals surface area contributed by atoms with Gasteiger partial charge < -0.3 is 15.0 Å². The second-order valence-electron chi connectivity index (χ2n) is 7.31. The summed E-state index contributed by atoms with van der Waals surface area (Å²) in [7, 11) is 3.21. The molecule has 1 aliphatic rings. The minimum atomic E-state index is -0.283. The molecule has 1 heterocycles. The predicted octanol–water partition coefficient (Wildman–Crippen LogP) is 4.63. The normalized spacial score (nSPS) is 16.1. The Bertz CT molecular complexity index is 793. The first-order chi connectivity index (χ1) is 13.5. The number of likely N-dealkylation sites (tertiary alicyclic amines) is 1. The van der Waals surface area contributed by atoms with Crippen molar-refractivity contribution < 1.29 is 9.13 Å². The van der Waals surface area contributed by atoms with Gasteiger partial charge >= 0.3 is 0 Å². The third-order valence-electron chi connectivity index (χ3n) is 5.03. The number of rotatable bonds is 5. The minimum Gasteiger partial charge on any atom is -0.497 e. The summed E-state index contributed by atoms with van der Waals surface area (Å²) >= 11 is 0. The van der Waals surface area contributed by atoms with Gasteiger partial charge in [0.1, 0.15) is 11.6 Å². The van der Waals surface area contributed by atoms with Gasteiger partial charge in [-0.3, -0.25) is 0 Å². The average Bonchev–Trinajstić information content (AvgIpc) is 3.12. The fourth-order valence-corrected chi connectivity index (χ4v) is 3.46. The summed E-state index contributed by atoms with van der Waals surface area (Å²) in [6.07, 6.45) is 2.39. The van der Waals surface area contributed by atoms with Gasteiger partial charge in [0.2, 0.25) is 0 Å². The molecule has 150 valence electrons. The van der Waals surface area contributed by atoms with Gasteiger partial charge in [0.15, 0.2) is 0 Å². The molecule has 1 fully saturated rings. The van der Waals surface area contributed by atoms with Crippen LogP contribution in [0.25, 0.3) is 0 Å². The van der Waals surface area contributed by atoms with Crippen molar-refractivity contribution in [2.45, 2.75) is 26.7 Å². The van der Waals surface area contributed by atoms with Crippen LogP contribution in [0, 0.1) is 30.0 Å². The van der Waals surface area contributed by atoms with Crippen molar-refractivity contribution in [2.75, 3.05) is 39.1 Å². The fraction of sp³-hybridized carbons (Fsp3) is 0.435. The molecule has 28 heavy (non-hydrogen) atoms. The molecule has 2 aromatic rings. The van der Waals surface area contributed by atoms with Gasteiger partial charge in [0.05, 0.1) is 24.4 Å². The molecule has 5 heteroatoms. The summed E-state index contributed by atoms with van der Waals surface area (Å²) in [4.78, 5) is 2.52. The highest BCUT2D eigenvalue weighted by Gasteiger charge is 2.17. The van der Waals surface area contributed by atoms with Crippen molar-refractivity contribution in [2.24, 2.45) is 5.92 Å². The number of nitrogens with one attached hydrogen (secondary N) is 1. The third-order valence-corrected chi connectivity index (χ3v) is 5.03. The van der Waals surface area contributed by atoms with Crippen LogP contribution in [-0.2, 0) is 6.42 Å². The Morgan fingerprint density at radius 2 is 2.11 bits per heavy atom. The van der Waals surface area contributed by atoms with E-state index in [1.54, 1.807) is 13.1 Å². The lowest BCUT2D eigenvalue weighted by atomic mass is 10.1. The number of hydrogen-bond acceptors (Lipinski definition) is 4. The van der Waals surface area contributed by atoms with Gasteiger partial charge in [-0.1, -0.05) is 19.1 Å². The molecule has 0 radical (unpaired) electrons. The van der Waals surface area contributed by atoms with E-state index in [2.05, 4.69) is 29.3 Å². The first-order valence-corrected chi connectivity index (χ1v) is 9.70. The summed E-state index contributed by atoms with van der Waals surface area (Å²) < 4.78 is 18.1. The molecule has 1 atom stereocenters. The van der Waals surface area contributed by atoms with Crippen LogP contribution >= 0.6 is 0 Å². The van der Waals surface area contributed by atoms with Crippen LogP contribution in [0.5, 0.6) is 5.75 Å². The van der Waals surface area contributed by atoms with Crippen LogP contribution in [-0.4, -0.2) is 38.7 Å². The number of benzene rings is 2. The van der Waals surface area contributed by atoms with Gasteiger partial charge in [-0.25, -0.2) is 4.39 Å². The molecule has 1 saturated heterocycles. The Balaban J connectivity index is 0.000000209. The van der Waals surface area contributed by atoms with Crippen molar-refractivity contribution in [3.63, 3.8) is 0 Å². The first-order valence-electron chi connectivity index (χ1n) is 9.70. The molecule has 4 nitrogen and oxygen atoms in total. The molecule has 2 aromatic carbocycles. The molecule has 0 bridgehead atoms. The maximum atomic E-state index is 13.2. The van der Waals surface area contributed by atoms with Crippen molar-refractivity contribution in [3.8, 4) is 11.8 Å². The highest BCUT2D eigenvalue weighted by Crippen LogP contribution is 2.24. The van der Waals surface area contributed by atoms with E-state index in [0.717, 1.165) is 30.0 Å². The van der Waals surface area contributed by atoms with E-state index in [1.807, 2.05) is 25.1 Å². The van der Waals surface area contributed by atoms with Crippen molar-refractivity contribution in [1.29, 1.82) is 5.26 Å². The highest BCUT2D eigenvalue weighted by atomic mass is 19.1. The SMILES string of the molecule is CNc1c(C)cc(OC)cc1F.C[C@H]1CCN(CCc2cccc(C#N)c2)C1. The number of aryl methyl sites for hydroxylation is 1. The smallest absolute Gasteiger partial charge is 0.150 e. The molecular formula is C23H30FN3O. The Hall–Kier alpha value is -2.58. The zero-order chi connectivity index (χ0) is 20.5. The van der Waals surface area contributed by atoms with Crippen molar-refractivity contribution in [3.05, 3.63) is 58.9 Å². The summed E-state index contributed by atoms with van der Waals surface area (Å²) in [5.41, 5.74) is 3.41. The number of nitrogens with zero attached hydrogens (tertiary/aromatic N) is 2. The Morgan fingerprint density at radius 3 is 2.68 bits per heavy atom. The lowest BCUT2D eigenvalue weighted by molar-refractivity contribution is 0.332. The van der Waals surface area contributed by atoms with Crippen LogP contribution in [0.2, 0.25) is 0 Å². The quantitative estimate of drug-likeness (QED) is 0.818. The van der Waals surface area contributed by atoms with E-state index in [-0.39, 0.29) is 5.82 Å². The summed E-state index contributed by atoms with van der Waals surface area (Å²) in [5.74, 6) is 1.11. The van der Waals surface area contributed by atoms with Gasteiger partial charge in [0, 0.05) is 26.2 Å². The lowest BCUT2D eigenvalue weighted by Gasteiger charge is -2.14.